The highest BCUT2D eigenvalue weighted by Crippen LogP contribution is 2.44. The lowest BCUT2D eigenvalue weighted by Crippen LogP contribution is -2.48. The molecule has 0 saturated carbocycles. The lowest BCUT2D eigenvalue weighted by molar-refractivity contribution is 0.106. The van der Waals surface area contributed by atoms with Gasteiger partial charge >= 0.3 is 0 Å². The molecule has 0 amide bonds. The SMILES string of the molecule is CC(C)N1CCC2(CCNCC2Cc2ccccc2)C1. The summed E-state index contributed by atoms with van der Waals surface area (Å²) in [4.78, 5) is 2.68. The fourth-order valence-corrected chi connectivity index (χ4v) is 4.13. The van der Waals surface area contributed by atoms with Crippen LogP contribution in [-0.2, 0) is 6.42 Å². The monoisotopic (exact) mass is 272 g/mol. The largest absolute Gasteiger partial charge is 0.316 e. The van der Waals surface area contributed by atoms with Crippen LogP contribution in [0.25, 0.3) is 0 Å². The molecular weight excluding hydrogens is 244 g/mol. The third-order valence-corrected chi connectivity index (χ3v) is 5.53. The lowest BCUT2D eigenvalue weighted by Gasteiger charge is -2.42. The van der Waals surface area contributed by atoms with Crippen LogP contribution in [0.4, 0.5) is 0 Å². The molecule has 1 aromatic carbocycles. The van der Waals surface area contributed by atoms with Gasteiger partial charge in [-0.25, -0.2) is 0 Å². The third-order valence-electron chi connectivity index (χ3n) is 5.53. The third kappa shape index (κ3) is 2.77. The van der Waals surface area contributed by atoms with Crippen LogP contribution >= 0.6 is 0 Å². The number of benzene rings is 1. The van der Waals surface area contributed by atoms with Gasteiger partial charge in [0.25, 0.3) is 0 Å². The first-order valence-corrected chi connectivity index (χ1v) is 8.18. The minimum absolute atomic E-state index is 0.561. The molecule has 2 aliphatic rings. The Morgan fingerprint density at radius 2 is 2.05 bits per heavy atom. The van der Waals surface area contributed by atoms with Crippen LogP contribution in [0.2, 0.25) is 0 Å². The molecule has 2 heteroatoms. The maximum atomic E-state index is 3.63. The zero-order chi connectivity index (χ0) is 14.0. The van der Waals surface area contributed by atoms with Crippen molar-refractivity contribution in [1.82, 2.24) is 10.2 Å². The van der Waals surface area contributed by atoms with Crippen molar-refractivity contribution in [2.75, 3.05) is 26.2 Å². The number of nitrogens with one attached hydrogen (secondary N) is 1. The Balaban J connectivity index is 1.74. The van der Waals surface area contributed by atoms with E-state index in [0.29, 0.717) is 11.5 Å². The van der Waals surface area contributed by atoms with Crippen LogP contribution in [0.1, 0.15) is 32.3 Å². The van der Waals surface area contributed by atoms with E-state index in [1.54, 1.807) is 0 Å². The number of rotatable bonds is 3. The van der Waals surface area contributed by atoms with E-state index in [1.165, 1.54) is 51.0 Å². The predicted molar refractivity (Wildman–Crippen MR) is 84.9 cm³/mol. The molecule has 0 aliphatic carbocycles. The van der Waals surface area contributed by atoms with E-state index >= 15 is 0 Å². The highest BCUT2D eigenvalue weighted by molar-refractivity contribution is 5.17. The molecule has 2 aliphatic heterocycles. The molecule has 2 nitrogen and oxygen atoms in total. The summed E-state index contributed by atoms with van der Waals surface area (Å²) in [7, 11) is 0. The topological polar surface area (TPSA) is 15.3 Å². The average molecular weight is 272 g/mol. The molecule has 2 unspecified atom stereocenters. The van der Waals surface area contributed by atoms with Crippen molar-refractivity contribution in [2.24, 2.45) is 11.3 Å². The van der Waals surface area contributed by atoms with Crippen LogP contribution in [0, 0.1) is 11.3 Å². The first-order valence-electron chi connectivity index (χ1n) is 8.18. The van der Waals surface area contributed by atoms with E-state index in [4.69, 9.17) is 0 Å². The summed E-state index contributed by atoms with van der Waals surface area (Å²) in [5.74, 6) is 0.794. The second-order valence-electron chi connectivity index (χ2n) is 7.02. The van der Waals surface area contributed by atoms with Gasteiger partial charge in [0.15, 0.2) is 0 Å². The molecule has 1 spiro atoms. The van der Waals surface area contributed by atoms with Crippen molar-refractivity contribution in [3.05, 3.63) is 35.9 Å². The molecule has 0 bridgehead atoms. The normalized spacial score (nSPS) is 31.2. The van der Waals surface area contributed by atoms with E-state index in [1.807, 2.05) is 0 Å². The summed E-state index contributed by atoms with van der Waals surface area (Å²) < 4.78 is 0. The number of hydrogen-bond donors (Lipinski definition) is 1. The van der Waals surface area contributed by atoms with E-state index in [-0.39, 0.29) is 0 Å². The van der Waals surface area contributed by atoms with Crippen molar-refractivity contribution in [1.29, 1.82) is 0 Å². The van der Waals surface area contributed by atoms with Crippen LogP contribution in [0.3, 0.4) is 0 Å². The van der Waals surface area contributed by atoms with Crippen LogP contribution < -0.4 is 5.32 Å². The Kier molecular flexibility index (Phi) is 4.13. The number of nitrogens with zero attached hydrogens (tertiary/aromatic N) is 1. The highest BCUT2D eigenvalue weighted by Gasteiger charge is 2.45. The molecule has 0 aromatic heterocycles. The van der Waals surface area contributed by atoms with Gasteiger partial charge in [0.1, 0.15) is 0 Å². The first-order chi connectivity index (χ1) is 9.70. The second-order valence-corrected chi connectivity index (χ2v) is 7.02. The lowest BCUT2D eigenvalue weighted by atomic mass is 9.68. The van der Waals surface area contributed by atoms with E-state index in [0.717, 1.165) is 5.92 Å². The quantitative estimate of drug-likeness (QED) is 0.910. The van der Waals surface area contributed by atoms with E-state index < -0.39 is 0 Å². The van der Waals surface area contributed by atoms with Crippen LogP contribution in [0.15, 0.2) is 30.3 Å². The van der Waals surface area contributed by atoms with Gasteiger partial charge in [0, 0.05) is 12.6 Å². The fourth-order valence-electron chi connectivity index (χ4n) is 4.13. The molecular formula is C18H28N2. The summed E-state index contributed by atoms with van der Waals surface area (Å²) in [5, 5.41) is 3.63. The van der Waals surface area contributed by atoms with Gasteiger partial charge in [-0.3, -0.25) is 0 Å². The zero-order valence-corrected chi connectivity index (χ0v) is 12.9. The molecule has 2 atom stereocenters. The van der Waals surface area contributed by atoms with Gasteiger partial charge < -0.3 is 10.2 Å². The molecule has 20 heavy (non-hydrogen) atoms. The Hall–Kier alpha value is -0.860. The van der Waals surface area contributed by atoms with Crippen LogP contribution in [-0.4, -0.2) is 37.1 Å². The second kappa shape index (κ2) is 5.87. The van der Waals surface area contributed by atoms with E-state index in [9.17, 15) is 0 Å². The Morgan fingerprint density at radius 3 is 2.75 bits per heavy atom. The van der Waals surface area contributed by atoms with Crippen LogP contribution in [0.5, 0.6) is 0 Å². The maximum absolute atomic E-state index is 3.63. The summed E-state index contributed by atoms with van der Waals surface area (Å²) in [5.41, 5.74) is 2.06. The molecule has 2 saturated heterocycles. The van der Waals surface area contributed by atoms with Gasteiger partial charge in [0.05, 0.1) is 0 Å². The number of likely N-dealkylation sites (tertiary alicyclic amines) is 1. The van der Waals surface area contributed by atoms with E-state index in [2.05, 4.69) is 54.4 Å². The minimum Gasteiger partial charge on any atom is -0.316 e. The summed E-state index contributed by atoms with van der Waals surface area (Å²) >= 11 is 0. The summed E-state index contributed by atoms with van der Waals surface area (Å²) in [6.45, 7) is 9.68. The predicted octanol–water partition coefficient (Wildman–Crippen LogP) is 2.94. The molecule has 1 N–H and O–H groups in total. The standard InChI is InChI=1S/C18H28N2/c1-15(2)20-11-9-18(14-20)8-10-19-13-17(18)12-16-6-4-3-5-7-16/h3-7,15,17,19H,8-14H2,1-2H3. The maximum Gasteiger partial charge on any atom is 0.00449 e. The Morgan fingerprint density at radius 1 is 1.25 bits per heavy atom. The average Bonchev–Trinajstić information content (AvgIpc) is 2.88. The number of hydrogen-bond acceptors (Lipinski definition) is 2. The Labute approximate surface area is 123 Å². The smallest absolute Gasteiger partial charge is 0.00449 e. The Bertz CT molecular complexity index is 428. The van der Waals surface area contributed by atoms with Gasteiger partial charge in [0.2, 0.25) is 0 Å². The highest BCUT2D eigenvalue weighted by atomic mass is 15.2. The van der Waals surface area contributed by atoms with Gasteiger partial charge in [-0.15, -0.1) is 0 Å². The van der Waals surface area contributed by atoms with Gasteiger partial charge in [-0.1, -0.05) is 30.3 Å². The fraction of sp³-hybridized carbons (Fsp3) is 0.667. The summed E-state index contributed by atoms with van der Waals surface area (Å²) in [6.07, 6.45) is 3.98. The minimum atomic E-state index is 0.561. The zero-order valence-electron chi connectivity index (χ0n) is 12.9. The first kappa shape index (κ1) is 14.1. The van der Waals surface area contributed by atoms with Crippen molar-refractivity contribution in [2.45, 2.75) is 39.2 Å². The van der Waals surface area contributed by atoms with Gasteiger partial charge in [-0.05, 0) is 69.6 Å². The molecule has 0 radical (unpaired) electrons. The van der Waals surface area contributed by atoms with Crippen molar-refractivity contribution >= 4 is 0 Å². The molecule has 3 rings (SSSR count). The van der Waals surface area contributed by atoms with Crippen molar-refractivity contribution < 1.29 is 0 Å². The number of piperidine rings is 1. The molecule has 1 aromatic rings. The molecule has 2 fully saturated rings. The van der Waals surface area contributed by atoms with Crippen molar-refractivity contribution in [3.8, 4) is 0 Å². The van der Waals surface area contributed by atoms with Gasteiger partial charge in [-0.2, -0.15) is 0 Å². The summed E-state index contributed by atoms with van der Waals surface area (Å²) in [6, 6.07) is 11.7. The van der Waals surface area contributed by atoms with Crippen molar-refractivity contribution in [3.63, 3.8) is 0 Å². The molecule has 110 valence electrons. The molecule has 2 heterocycles.